The predicted octanol–water partition coefficient (Wildman–Crippen LogP) is 4.58. The van der Waals surface area contributed by atoms with E-state index >= 15 is 0 Å². The van der Waals surface area contributed by atoms with Gasteiger partial charge < -0.3 is 13.9 Å². The van der Waals surface area contributed by atoms with Crippen LogP contribution in [-0.4, -0.2) is 67.2 Å². The van der Waals surface area contributed by atoms with Crippen LogP contribution in [0.4, 0.5) is 10.3 Å². The van der Waals surface area contributed by atoms with Crippen molar-refractivity contribution in [1.82, 2.24) is 24.7 Å². The second-order valence-corrected chi connectivity index (χ2v) is 18.3. The van der Waals surface area contributed by atoms with E-state index in [9.17, 15) is 12.8 Å². The molecule has 4 rings (SSSR count). The molecule has 0 bridgehead atoms. The monoisotopic (exact) mass is 588 g/mol. The standard InChI is InChI=1S/C26H33FN6O5SSi/c1-18(15-23-28-16-19(27)17-29-23)39(34,35)32(12-14-40(4,5)6)26-31-30-25(22-11-8-13-38-22)33(26)24-20(36-2)9-7-10-21(24)37-3/h7-11,13,16-18H,12,14-15H2,1-6H3/t18-/m0/s1. The van der Waals surface area contributed by atoms with E-state index in [1.807, 2.05) is 0 Å². The lowest BCUT2D eigenvalue weighted by molar-refractivity contribution is 0.391. The number of furan rings is 1. The van der Waals surface area contributed by atoms with Gasteiger partial charge in [0, 0.05) is 21.0 Å². The van der Waals surface area contributed by atoms with Crippen molar-refractivity contribution < 1.29 is 26.7 Å². The Labute approximate surface area is 234 Å². The summed E-state index contributed by atoms with van der Waals surface area (Å²) in [7, 11) is -2.76. The molecular formula is C26H33FN6O5SSi. The van der Waals surface area contributed by atoms with Crippen LogP contribution in [-0.2, 0) is 16.4 Å². The van der Waals surface area contributed by atoms with Gasteiger partial charge >= 0.3 is 0 Å². The molecule has 0 saturated carbocycles. The lowest BCUT2D eigenvalue weighted by Crippen LogP contribution is -2.42. The SMILES string of the molecule is COc1cccc(OC)c1-n1c(-c2ccco2)nnc1N(CC[Si](C)(C)C)S(=O)(=O)[C@@H](C)Cc1ncc(F)cn1. The number of nitrogens with zero attached hydrogens (tertiary/aromatic N) is 6. The molecule has 0 N–H and O–H groups in total. The van der Waals surface area contributed by atoms with Crippen LogP contribution in [0.25, 0.3) is 17.3 Å². The van der Waals surface area contributed by atoms with Gasteiger partial charge in [0.15, 0.2) is 11.6 Å². The van der Waals surface area contributed by atoms with Gasteiger partial charge in [0.2, 0.25) is 21.8 Å². The van der Waals surface area contributed by atoms with Gasteiger partial charge in [-0.25, -0.2) is 27.1 Å². The molecule has 0 spiro atoms. The number of anilines is 1. The van der Waals surface area contributed by atoms with Crippen molar-refractivity contribution in [2.45, 2.75) is 44.3 Å². The fourth-order valence-electron chi connectivity index (χ4n) is 4.06. The summed E-state index contributed by atoms with van der Waals surface area (Å²) in [6.07, 6.45) is 3.51. The summed E-state index contributed by atoms with van der Waals surface area (Å²) >= 11 is 0. The van der Waals surface area contributed by atoms with Crippen LogP contribution in [0.15, 0.2) is 53.4 Å². The summed E-state index contributed by atoms with van der Waals surface area (Å²) in [5.74, 6) is 1.16. The van der Waals surface area contributed by atoms with Gasteiger partial charge in [0.1, 0.15) is 23.0 Å². The van der Waals surface area contributed by atoms with Crippen molar-refractivity contribution in [2.75, 3.05) is 25.1 Å². The molecule has 0 radical (unpaired) electrons. The molecular weight excluding hydrogens is 555 g/mol. The van der Waals surface area contributed by atoms with Crippen LogP contribution < -0.4 is 13.8 Å². The molecule has 0 amide bonds. The molecule has 0 fully saturated rings. The topological polar surface area (TPSA) is 125 Å². The molecule has 214 valence electrons. The first-order chi connectivity index (χ1) is 19.0. The number of benzene rings is 1. The molecule has 1 atom stereocenters. The zero-order valence-electron chi connectivity index (χ0n) is 23.3. The number of hydrogen-bond donors (Lipinski definition) is 0. The largest absolute Gasteiger partial charge is 0.494 e. The van der Waals surface area contributed by atoms with Gasteiger partial charge in [-0.1, -0.05) is 25.7 Å². The normalized spacial score (nSPS) is 12.8. The smallest absolute Gasteiger partial charge is 0.246 e. The van der Waals surface area contributed by atoms with Crippen molar-refractivity contribution in [2.24, 2.45) is 0 Å². The number of rotatable bonds is 12. The van der Waals surface area contributed by atoms with Crippen molar-refractivity contribution in [1.29, 1.82) is 0 Å². The van der Waals surface area contributed by atoms with Crippen LogP contribution in [0.5, 0.6) is 11.5 Å². The second-order valence-electron chi connectivity index (χ2n) is 10.4. The van der Waals surface area contributed by atoms with Gasteiger partial charge in [-0.3, -0.25) is 4.57 Å². The number of para-hydroxylation sites is 1. The van der Waals surface area contributed by atoms with Crippen LogP contribution in [0, 0.1) is 5.82 Å². The quantitative estimate of drug-likeness (QED) is 0.219. The number of methoxy groups -OCH3 is 2. The first-order valence-electron chi connectivity index (χ1n) is 12.6. The van der Waals surface area contributed by atoms with Gasteiger partial charge in [0.25, 0.3) is 0 Å². The summed E-state index contributed by atoms with van der Waals surface area (Å²) in [6.45, 7) is 8.23. The molecule has 1 aromatic carbocycles. The molecule has 0 saturated heterocycles. The molecule has 0 unspecified atom stereocenters. The summed E-state index contributed by atoms with van der Waals surface area (Å²) < 4.78 is 61.7. The van der Waals surface area contributed by atoms with Crippen LogP contribution >= 0.6 is 0 Å². The van der Waals surface area contributed by atoms with E-state index in [4.69, 9.17) is 13.9 Å². The molecule has 4 aromatic rings. The fourth-order valence-corrected chi connectivity index (χ4v) is 6.61. The summed E-state index contributed by atoms with van der Waals surface area (Å²) in [4.78, 5) is 7.91. The Morgan fingerprint density at radius 1 is 1.05 bits per heavy atom. The number of hydrogen-bond acceptors (Lipinski definition) is 9. The highest BCUT2D eigenvalue weighted by Crippen LogP contribution is 2.39. The third kappa shape index (κ3) is 6.17. The molecule has 3 heterocycles. The fraction of sp³-hybridized carbons (Fsp3) is 0.385. The molecule has 40 heavy (non-hydrogen) atoms. The first-order valence-corrected chi connectivity index (χ1v) is 17.9. The molecule has 0 aliphatic rings. The Hall–Kier alpha value is -3.78. The van der Waals surface area contributed by atoms with E-state index in [0.717, 1.165) is 12.4 Å². The third-order valence-corrected chi connectivity index (χ3v) is 10.1. The van der Waals surface area contributed by atoms with Crippen molar-refractivity contribution in [3.8, 4) is 28.8 Å². The minimum Gasteiger partial charge on any atom is -0.494 e. The van der Waals surface area contributed by atoms with Crippen molar-refractivity contribution in [3.63, 3.8) is 0 Å². The Kier molecular flexibility index (Phi) is 8.59. The number of ether oxygens (including phenoxy) is 2. The van der Waals surface area contributed by atoms with E-state index in [0.29, 0.717) is 29.0 Å². The molecule has 0 aliphatic heterocycles. The maximum atomic E-state index is 14.3. The Balaban J connectivity index is 1.92. The summed E-state index contributed by atoms with van der Waals surface area (Å²) in [5.41, 5.74) is 0.418. The maximum Gasteiger partial charge on any atom is 0.246 e. The van der Waals surface area contributed by atoms with E-state index in [-0.39, 0.29) is 30.6 Å². The molecule has 14 heteroatoms. The van der Waals surface area contributed by atoms with E-state index in [1.165, 1.54) is 24.8 Å². The highest BCUT2D eigenvalue weighted by Gasteiger charge is 2.36. The van der Waals surface area contributed by atoms with Gasteiger partial charge in [-0.05, 0) is 37.2 Å². The zero-order chi connectivity index (χ0) is 29.1. The lowest BCUT2D eigenvalue weighted by Gasteiger charge is -2.29. The second kappa shape index (κ2) is 11.8. The van der Waals surface area contributed by atoms with Crippen LogP contribution in [0.1, 0.15) is 12.7 Å². The lowest BCUT2D eigenvalue weighted by atomic mass is 10.2. The average molecular weight is 589 g/mol. The summed E-state index contributed by atoms with van der Waals surface area (Å²) in [6, 6.07) is 9.31. The first kappa shape index (κ1) is 29.2. The van der Waals surface area contributed by atoms with Gasteiger partial charge in [-0.2, -0.15) is 0 Å². The number of aromatic nitrogens is 5. The van der Waals surface area contributed by atoms with Gasteiger partial charge in [-0.15, -0.1) is 10.2 Å². The van der Waals surface area contributed by atoms with E-state index in [1.54, 1.807) is 41.8 Å². The van der Waals surface area contributed by atoms with Crippen molar-refractivity contribution in [3.05, 3.63) is 60.6 Å². The number of halogens is 1. The molecule has 11 nitrogen and oxygen atoms in total. The highest BCUT2D eigenvalue weighted by molar-refractivity contribution is 7.93. The summed E-state index contributed by atoms with van der Waals surface area (Å²) in [5, 5.41) is 7.79. The highest BCUT2D eigenvalue weighted by atomic mass is 32.2. The Morgan fingerprint density at radius 3 is 2.25 bits per heavy atom. The Morgan fingerprint density at radius 2 is 1.70 bits per heavy atom. The molecule has 0 aliphatic carbocycles. The third-order valence-electron chi connectivity index (χ3n) is 6.26. The minimum atomic E-state index is -4.06. The van der Waals surface area contributed by atoms with Crippen LogP contribution in [0.2, 0.25) is 25.7 Å². The van der Waals surface area contributed by atoms with Crippen molar-refractivity contribution >= 4 is 24.0 Å². The average Bonchev–Trinajstić information content (AvgIpc) is 3.59. The van der Waals surface area contributed by atoms with E-state index in [2.05, 4.69) is 39.8 Å². The minimum absolute atomic E-state index is 0.0246. The van der Waals surface area contributed by atoms with Gasteiger partial charge in [0.05, 0.1) is 38.1 Å². The maximum absolute atomic E-state index is 14.3. The van der Waals surface area contributed by atoms with Crippen LogP contribution in [0.3, 0.4) is 0 Å². The van der Waals surface area contributed by atoms with E-state index < -0.39 is 29.2 Å². The Bertz CT molecular complexity index is 1520. The predicted molar refractivity (Wildman–Crippen MR) is 152 cm³/mol. The zero-order valence-corrected chi connectivity index (χ0v) is 25.1. The molecule has 3 aromatic heterocycles. The number of sulfonamides is 1.